The molecule has 2 atom stereocenters. The molecule has 0 radical (unpaired) electrons. The van der Waals surface area contributed by atoms with Crippen LogP contribution in [0, 0.1) is 6.92 Å². The molecule has 0 bridgehead atoms. The van der Waals surface area contributed by atoms with Crippen LogP contribution < -0.4 is 9.47 Å². The second kappa shape index (κ2) is 9.04. The minimum absolute atomic E-state index is 0.0186. The van der Waals surface area contributed by atoms with Crippen LogP contribution in [0.1, 0.15) is 35.6 Å². The quantitative estimate of drug-likeness (QED) is 0.422. The Bertz CT molecular complexity index is 1050. The van der Waals surface area contributed by atoms with Gasteiger partial charge in [0.05, 0.1) is 31.9 Å². The van der Waals surface area contributed by atoms with E-state index < -0.39 is 17.7 Å². The summed E-state index contributed by atoms with van der Waals surface area (Å²) in [7, 11) is 2.95. The molecule has 2 saturated heterocycles. The van der Waals surface area contributed by atoms with Crippen molar-refractivity contribution in [1.29, 1.82) is 0 Å². The Kier molecular flexibility index (Phi) is 6.19. The Morgan fingerprint density at radius 3 is 2.38 bits per heavy atom. The van der Waals surface area contributed by atoms with Crippen LogP contribution in [0.15, 0.2) is 48.0 Å². The zero-order valence-electron chi connectivity index (χ0n) is 18.5. The number of ether oxygens (including phenoxy) is 3. The van der Waals surface area contributed by atoms with Crippen LogP contribution in [0.2, 0.25) is 0 Å². The van der Waals surface area contributed by atoms with E-state index in [0.717, 1.165) is 24.0 Å². The number of carbonyl (C=O) groups excluding carboxylic acids is 2. The fourth-order valence-corrected chi connectivity index (χ4v) is 4.51. The van der Waals surface area contributed by atoms with Crippen LogP contribution in [0.25, 0.3) is 5.76 Å². The lowest BCUT2D eigenvalue weighted by atomic mass is 9.92. The number of likely N-dealkylation sites (tertiary alicyclic amines) is 1. The lowest BCUT2D eigenvalue weighted by Gasteiger charge is -2.28. The van der Waals surface area contributed by atoms with Gasteiger partial charge in [-0.05, 0) is 43.0 Å². The van der Waals surface area contributed by atoms with Crippen LogP contribution in [0.4, 0.5) is 0 Å². The van der Waals surface area contributed by atoms with Gasteiger partial charge in [-0.1, -0.05) is 30.3 Å². The largest absolute Gasteiger partial charge is 0.506 e. The molecule has 0 saturated carbocycles. The SMILES string of the molecule is COc1cccc(OC)c1/C(O)=C1\C(=O)C(=O)N(CC2CCCO2)C1c1ccccc1C. The van der Waals surface area contributed by atoms with Gasteiger partial charge < -0.3 is 24.2 Å². The molecule has 2 aromatic carbocycles. The van der Waals surface area contributed by atoms with Crippen molar-refractivity contribution < 1.29 is 28.9 Å². The molecule has 2 aliphatic heterocycles. The van der Waals surface area contributed by atoms with Crippen molar-refractivity contribution in [3.8, 4) is 11.5 Å². The number of aryl methyl sites for hydroxylation is 1. The Hall–Kier alpha value is -3.32. The summed E-state index contributed by atoms with van der Waals surface area (Å²) in [6.45, 7) is 2.84. The Morgan fingerprint density at radius 2 is 1.78 bits per heavy atom. The molecule has 168 valence electrons. The number of rotatable bonds is 6. The van der Waals surface area contributed by atoms with Crippen LogP contribution in [0.3, 0.4) is 0 Å². The topological polar surface area (TPSA) is 85.3 Å². The van der Waals surface area contributed by atoms with Gasteiger partial charge in [-0.15, -0.1) is 0 Å². The average Bonchev–Trinajstić information content (AvgIpc) is 3.41. The predicted molar refractivity (Wildman–Crippen MR) is 119 cm³/mol. The normalized spacial score (nSPS) is 22.4. The van der Waals surface area contributed by atoms with E-state index >= 15 is 0 Å². The zero-order valence-corrected chi connectivity index (χ0v) is 18.5. The number of methoxy groups -OCH3 is 2. The standard InChI is InChI=1S/C25H27NO6/c1-15-8-4-5-10-17(15)22-21(23(27)20-18(30-2)11-6-12-19(20)31-3)24(28)25(29)26(22)14-16-9-7-13-32-16/h4-6,8,10-12,16,22,27H,7,9,13-14H2,1-3H3/b23-21+. The number of carbonyl (C=O) groups is 2. The maximum atomic E-state index is 13.3. The van der Waals surface area contributed by atoms with Crippen molar-refractivity contribution in [2.24, 2.45) is 0 Å². The highest BCUT2D eigenvalue weighted by atomic mass is 16.5. The first-order chi connectivity index (χ1) is 15.5. The van der Waals surface area contributed by atoms with Crippen molar-refractivity contribution in [2.45, 2.75) is 31.9 Å². The van der Waals surface area contributed by atoms with Crippen LogP contribution in [-0.4, -0.2) is 55.2 Å². The van der Waals surface area contributed by atoms with E-state index in [0.29, 0.717) is 18.1 Å². The molecule has 32 heavy (non-hydrogen) atoms. The van der Waals surface area contributed by atoms with Crippen LogP contribution in [-0.2, 0) is 14.3 Å². The van der Waals surface area contributed by atoms with E-state index in [2.05, 4.69) is 0 Å². The van der Waals surface area contributed by atoms with Crippen molar-refractivity contribution in [2.75, 3.05) is 27.4 Å². The van der Waals surface area contributed by atoms with Gasteiger partial charge in [-0.25, -0.2) is 0 Å². The van der Waals surface area contributed by atoms with Crippen molar-refractivity contribution >= 4 is 17.4 Å². The number of aliphatic hydroxyl groups excluding tert-OH is 1. The highest BCUT2D eigenvalue weighted by molar-refractivity contribution is 6.46. The van der Waals surface area contributed by atoms with Gasteiger partial charge in [0, 0.05) is 13.2 Å². The fourth-order valence-electron chi connectivity index (χ4n) is 4.51. The number of Topliss-reactive ketones (excluding diaryl/α,β-unsaturated/α-hetero) is 1. The van der Waals surface area contributed by atoms with Gasteiger partial charge in [-0.3, -0.25) is 9.59 Å². The second-order valence-electron chi connectivity index (χ2n) is 7.98. The third kappa shape index (κ3) is 3.73. The lowest BCUT2D eigenvalue weighted by Crippen LogP contribution is -2.36. The zero-order chi connectivity index (χ0) is 22.8. The maximum absolute atomic E-state index is 13.3. The number of hydrogen-bond acceptors (Lipinski definition) is 6. The number of ketones is 1. The lowest BCUT2D eigenvalue weighted by molar-refractivity contribution is -0.140. The molecule has 0 aromatic heterocycles. The van der Waals surface area contributed by atoms with E-state index in [-0.39, 0.29) is 29.5 Å². The molecule has 2 unspecified atom stereocenters. The maximum Gasteiger partial charge on any atom is 0.295 e. The molecule has 2 heterocycles. The third-order valence-corrected chi connectivity index (χ3v) is 6.11. The van der Waals surface area contributed by atoms with Gasteiger partial charge in [0.2, 0.25) is 0 Å². The summed E-state index contributed by atoms with van der Waals surface area (Å²) in [6, 6.07) is 11.9. The Labute approximate surface area is 187 Å². The number of nitrogens with zero attached hydrogens (tertiary/aromatic N) is 1. The molecule has 7 nitrogen and oxygen atoms in total. The highest BCUT2D eigenvalue weighted by Gasteiger charge is 2.48. The molecule has 1 N–H and O–H groups in total. The molecule has 2 aliphatic rings. The summed E-state index contributed by atoms with van der Waals surface area (Å²) in [5.74, 6) is -1.02. The van der Waals surface area contributed by atoms with E-state index in [1.54, 1.807) is 18.2 Å². The summed E-state index contributed by atoms with van der Waals surface area (Å²) >= 11 is 0. The summed E-state index contributed by atoms with van der Waals surface area (Å²) in [5, 5.41) is 11.4. The molecule has 2 aromatic rings. The van der Waals surface area contributed by atoms with Gasteiger partial charge in [0.1, 0.15) is 22.8 Å². The molecule has 0 aliphatic carbocycles. The van der Waals surface area contributed by atoms with Crippen molar-refractivity contribution in [3.63, 3.8) is 0 Å². The number of aliphatic hydroxyl groups is 1. The van der Waals surface area contributed by atoms with Gasteiger partial charge in [0.15, 0.2) is 0 Å². The number of amides is 1. The van der Waals surface area contributed by atoms with Gasteiger partial charge in [0.25, 0.3) is 11.7 Å². The summed E-state index contributed by atoms with van der Waals surface area (Å²) in [4.78, 5) is 27.9. The third-order valence-electron chi connectivity index (χ3n) is 6.11. The fraction of sp³-hybridized carbons (Fsp3) is 0.360. The van der Waals surface area contributed by atoms with Gasteiger partial charge >= 0.3 is 0 Å². The van der Waals surface area contributed by atoms with Crippen molar-refractivity contribution in [3.05, 3.63) is 64.7 Å². The monoisotopic (exact) mass is 437 g/mol. The second-order valence-corrected chi connectivity index (χ2v) is 7.98. The molecule has 0 spiro atoms. The Balaban J connectivity index is 1.92. The number of hydrogen-bond donors (Lipinski definition) is 1. The predicted octanol–water partition coefficient (Wildman–Crippen LogP) is 3.61. The van der Waals surface area contributed by atoms with Gasteiger partial charge in [-0.2, -0.15) is 0 Å². The molecule has 7 heteroatoms. The number of benzene rings is 2. The van der Waals surface area contributed by atoms with E-state index in [1.165, 1.54) is 19.1 Å². The molecule has 4 rings (SSSR count). The average molecular weight is 437 g/mol. The summed E-state index contributed by atoms with van der Waals surface area (Å²) < 4.78 is 16.6. The van der Waals surface area contributed by atoms with Crippen LogP contribution in [0.5, 0.6) is 11.5 Å². The highest BCUT2D eigenvalue weighted by Crippen LogP contribution is 2.44. The minimum atomic E-state index is -0.741. The minimum Gasteiger partial charge on any atom is -0.506 e. The van der Waals surface area contributed by atoms with Crippen LogP contribution >= 0.6 is 0 Å². The smallest absolute Gasteiger partial charge is 0.295 e. The Morgan fingerprint density at radius 1 is 1.09 bits per heavy atom. The first kappa shape index (κ1) is 21.9. The molecule has 1 amide bonds. The summed E-state index contributed by atoms with van der Waals surface area (Å²) in [5.41, 5.74) is 1.95. The first-order valence-corrected chi connectivity index (χ1v) is 10.6. The molecular weight excluding hydrogens is 410 g/mol. The summed E-state index contributed by atoms with van der Waals surface area (Å²) in [6.07, 6.45) is 1.60. The first-order valence-electron chi connectivity index (χ1n) is 10.6. The molecule has 2 fully saturated rings. The molecular formula is C25H27NO6. The van der Waals surface area contributed by atoms with E-state index in [1.807, 2.05) is 31.2 Å². The van der Waals surface area contributed by atoms with E-state index in [9.17, 15) is 14.7 Å². The van der Waals surface area contributed by atoms with Crippen molar-refractivity contribution in [1.82, 2.24) is 4.90 Å². The van der Waals surface area contributed by atoms with E-state index in [4.69, 9.17) is 14.2 Å².